The van der Waals surface area contributed by atoms with Crippen molar-refractivity contribution in [2.24, 2.45) is 0 Å². The van der Waals surface area contributed by atoms with Crippen molar-refractivity contribution in [2.75, 3.05) is 45.8 Å². The van der Waals surface area contributed by atoms with Gasteiger partial charge in [-0.2, -0.15) is 11.3 Å². The lowest BCUT2D eigenvalue weighted by Gasteiger charge is -2.34. The molecular weight excluding hydrogens is 360 g/mol. The summed E-state index contributed by atoms with van der Waals surface area (Å²) in [7, 11) is 0. The van der Waals surface area contributed by atoms with Gasteiger partial charge in [0, 0.05) is 56.8 Å². The van der Waals surface area contributed by atoms with Crippen LogP contribution in [0.25, 0.3) is 0 Å². The molecule has 7 heteroatoms. The molecule has 1 aliphatic heterocycles. The molecule has 0 saturated carbocycles. The number of piperazine rings is 1. The van der Waals surface area contributed by atoms with E-state index in [1.807, 2.05) is 39.9 Å². The average Bonchev–Trinajstić information content (AvgIpc) is 3.24. The summed E-state index contributed by atoms with van der Waals surface area (Å²) in [6.45, 7) is 5.18. The first-order chi connectivity index (χ1) is 13.2. The minimum Gasteiger partial charge on any atom is -0.351 e. The molecule has 0 atom stereocenters. The number of rotatable bonds is 7. The largest absolute Gasteiger partial charge is 0.351 e. The fourth-order valence-electron chi connectivity index (χ4n) is 3.07. The molecule has 1 saturated heterocycles. The molecule has 0 radical (unpaired) electrons. The Morgan fingerprint density at radius 1 is 0.963 bits per heavy atom. The van der Waals surface area contributed by atoms with E-state index in [2.05, 4.69) is 27.7 Å². The van der Waals surface area contributed by atoms with Gasteiger partial charge in [-0.05, 0) is 23.4 Å². The van der Waals surface area contributed by atoms with Crippen molar-refractivity contribution in [1.82, 2.24) is 20.4 Å². The second-order valence-electron chi connectivity index (χ2n) is 6.56. The molecule has 144 valence electrons. The van der Waals surface area contributed by atoms with Gasteiger partial charge in [0.15, 0.2) is 0 Å². The second-order valence-corrected chi connectivity index (χ2v) is 7.34. The van der Waals surface area contributed by atoms with Gasteiger partial charge in [-0.15, -0.1) is 0 Å². The van der Waals surface area contributed by atoms with Crippen molar-refractivity contribution in [3.05, 3.63) is 58.3 Å². The molecule has 0 aliphatic carbocycles. The van der Waals surface area contributed by atoms with Crippen molar-refractivity contribution in [2.45, 2.75) is 6.42 Å². The van der Waals surface area contributed by atoms with Gasteiger partial charge in [-0.25, -0.2) is 4.79 Å². The van der Waals surface area contributed by atoms with Gasteiger partial charge >= 0.3 is 6.03 Å². The van der Waals surface area contributed by atoms with Crippen LogP contribution in [0.4, 0.5) is 4.79 Å². The van der Waals surface area contributed by atoms with E-state index in [0.29, 0.717) is 13.1 Å². The minimum atomic E-state index is -0.0207. The highest BCUT2D eigenvalue weighted by Gasteiger charge is 2.20. The summed E-state index contributed by atoms with van der Waals surface area (Å²) in [5.41, 5.74) is 1.95. The smallest absolute Gasteiger partial charge is 0.317 e. The van der Waals surface area contributed by atoms with E-state index >= 15 is 0 Å². The lowest BCUT2D eigenvalue weighted by atomic mass is 10.1. The van der Waals surface area contributed by atoms with Crippen LogP contribution in [0.5, 0.6) is 0 Å². The zero-order valence-electron chi connectivity index (χ0n) is 15.4. The zero-order chi connectivity index (χ0) is 18.9. The lowest BCUT2D eigenvalue weighted by Crippen LogP contribution is -2.53. The molecule has 0 spiro atoms. The Kier molecular flexibility index (Phi) is 7.24. The van der Waals surface area contributed by atoms with E-state index in [-0.39, 0.29) is 11.9 Å². The van der Waals surface area contributed by atoms with Gasteiger partial charge in [0.25, 0.3) is 5.91 Å². The Balaban J connectivity index is 1.29. The van der Waals surface area contributed by atoms with Gasteiger partial charge in [-0.1, -0.05) is 30.3 Å². The van der Waals surface area contributed by atoms with Crippen LogP contribution in [0.15, 0.2) is 47.2 Å². The normalized spacial score (nSPS) is 14.7. The Bertz CT molecular complexity index is 713. The van der Waals surface area contributed by atoms with Crippen LogP contribution >= 0.6 is 11.3 Å². The molecule has 2 N–H and O–H groups in total. The van der Waals surface area contributed by atoms with E-state index in [4.69, 9.17) is 0 Å². The number of hydrogen-bond donors (Lipinski definition) is 2. The summed E-state index contributed by atoms with van der Waals surface area (Å²) in [6.07, 6.45) is 0.844. The number of benzene rings is 1. The number of hydrogen-bond acceptors (Lipinski definition) is 4. The topological polar surface area (TPSA) is 64.7 Å². The number of nitrogens with one attached hydrogen (secondary N) is 2. The summed E-state index contributed by atoms with van der Waals surface area (Å²) in [5.74, 6) is -0.0207. The third-order valence-electron chi connectivity index (χ3n) is 4.69. The average molecular weight is 387 g/mol. The molecule has 1 fully saturated rings. The van der Waals surface area contributed by atoms with Crippen molar-refractivity contribution < 1.29 is 9.59 Å². The molecule has 27 heavy (non-hydrogen) atoms. The van der Waals surface area contributed by atoms with Crippen LogP contribution in [-0.4, -0.2) is 67.6 Å². The van der Waals surface area contributed by atoms with Gasteiger partial charge in [0.1, 0.15) is 0 Å². The Morgan fingerprint density at radius 3 is 2.44 bits per heavy atom. The maximum Gasteiger partial charge on any atom is 0.317 e. The van der Waals surface area contributed by atoms with E-state index in [9.17, 15) is 9.59 Å². The van der Waals surface area contributed by atoms with E-state index in [1.165, 1.54) is 16.9 Å². The highest BCUT2D eigenvalue weighted by molar-refractivity contribution is 7.08. The third-order valence-corrected chi connectivity index (χ3v) is 5.37. The van der Waals surface area contributed by atoms with Crippen LogP contribution in [0.2, 0.25) is 0 Å². The van der Waals surface area contributed by atoms with Crippen molar-refractivity contribution >= 4 is 23.3 Å². The number of urea groups is 1. The van der Waals surface area contributed by atoms with Crippen LogP contribution in [0.1, 0.15) is 15.9 Å². The van der Waals surface area contributed by atoms with Crippen molar-refractivity contribution in [1.29, 1.82) is 0 Å². The predicted octanol–water partition coefficient (Wildman–Crippen LogP) is 2.05. The molecule has 6 nitrogen and oxygen atoms in total. The molecule has 1 aromatic heterocycles. The predicted molar refractivity (Wildman–Crippen MR) is 108 cm³/mol. The fraction of sp³-hybridized carbons (Fsp3) is 0.400. The summed E-state index contributed by atoms with van der Waals surface area (Å²) in [5, 5.41) is 9.70. The quantitative estimate of drug-likeness (QED) is 0.766. The SMILES string of the molecule is O=C(NCCN1CCN(C(=O)NCCc2ccccc2)CC1)c1ccsc1. The summed E-state index contributed by atoms with van der Waals surface area (Å²) in [6, 6.07) is 12.0. The first-order valence-electron chi connectivity index (χ1n) is 9.32. The van der Waals surface area contributed by atoms with Crippen LogP contribution in [0, 0.1) is 0 Å². The molecule has 0 unspecified atom stereocenters. The molecule has 1 aliphatic rings. The van der Waals surface area contributed by atoms with Crippen LogP contribution in [0.3, 0.4) is 0 Å². The lowest BCUT2D eigenvalue weighted by molar-refractivity contribution is 0.0942. The molecule has 2 heterocycles. The minimum absolute atomic E-state index is 0.0105. The number of amides is 3. The molecule has 3 amide bonds. The molecule has 2 aromatic rings. The highest BCUT2D eigenvalue weighted by atomic mass is 32.1. The third kappa shape index (κ3) is 6.08. The summed E-state index contributed by atoms with van der Waals surface area (Å²) >= 11 is 1.52. The van der Waals surface area contributed by atoms with E-state index in [0.717, 1.165) is 44.7 Å². The first kappa shape index (κ1) is 19.4. The summed E-state index contributed by atoms with van der Waals surface area (Å²) < 4.78 is 0. The Labute approximate surface area is 164 Å². The maximum atomic E-state index is 12.3. The summed E-state index contributed by atoms with van der Waals surface area (Å²) in [4.78, 5) is 28.3. The number of thiophene rings is 1. The number of carbonyl (C=O) groups excluding carboxylic acids is 2. The fourth-order valence-corrected chi connectivity index (χ4v) is 3.70. The Hall–Kier alpha value is -2.38. The van der Waals surface area contributed by atoms with Crippen LogP contribution < -0.4 is 10.6 Å². The van der Waals surface area contributed by atoms with Crippen LogP contribution in [-0.2, 0) is 6.42 Å². The van der Waals surface area contributed by atoms with E-state index < -0.39 is 0 Å². The molecule has 3 rings (SSSR count). The van der Waals surface area contributed by atoms with Crippen molar-refractivity contribution in [3.63, 3.8) is 0 Å². The maximum absolute atomic E-state index is 12.3. The zero-order valence-corrected chi connectivity index (χ0v) is 16.2. The highest BCUT2D eigenvalue weighted by Crippen LogP contribution is 2.06. The van der Waals surface area contributed by atoms with Gasteiger partial charge < -0.3 is 15.5 Å². The van der Waals surface area contributed by atoms with Crippen molar-refractivity contribution in [3.8, 4) is 0 Å². The van der Waals surface area contributed by atoms with Gasteiger partial charge in [0.2, 0.25) is 0 Å². The van der Waals surface area contributed by atoms with E-state index in [1.54, 1.807) is 0 Å². The van der Waals surface area contributed by atoms with Gasteiger partial charge in [-0.3, -0.25) is 9.69 Å². The molecule has 0 bridgehead atoms. The molecular formula is C20H26N4O2S. The number of carbonyl (C=O) groups is 2. The monoisotopic (exact) mass is 386 g/mol. The first-order valence-corrected chi connectivity index (χ1v) is 10.3. The standard InChI is InChI=1S/C20H26N4O2S/c25-19(18-7-15-27-16-18)21-9-10-23-11-13-24(14-12-23)20(26)22-8-6-17-4-2-1-3-5-17/h1-5,7,15-16H,6,8-14H2,(H,21,25)(H,22,26). The van der Waals surface area contributed by atoms with Gasteiger partial charge in [0.05, 0.1) is 0 Å². The molecule has 1 aromatic carbocycles. The Morgan fingerprint density at radius 2 is 1.74 bits per heavy atom. The number of nitrogens with zero attached hydrogens (tertiary/aromatic N) is 2. The second kappa shape index (κ2) is 10.1.